The first-order valence-corrected chi connectivity index (χ1v) is 13.9. The van der Waals surface area contributed by atoms with Crippen molar-refractivity contribution in [3.63, 3.8) is 0 Å². The summed E-state index contributed by atoms with van der Waals surface area (Å²) in [5.74, 6) is 0. The van der Waals surface area contributed by atoms with Gasteiger partial charge in [0.15, 0.2) is 0 Å². The molecule has 0 unspecified atom stereocenters. The van der Waals surface area contributed by atoms with Crippen molar-refractivity contribution in [2.75, 3.05) is 0 Å². The molecule has 8 aromatic rings. The second-order valence-electron chi connectivity index (χ2n) is 10.9. The molecule has 0 heteroatoms. The van der Waals surface area contributed by atoms with Gasteiger partial charge in [-0.3, -0.25) is 0 Å². The molecule has 9 rings (SSSR count). The number of rotatable bonds is 0. The Bertz CT molecular complexity index is 2080. The largest absolute Gasteiger partial charge is 0.0616 e. The van der Waals surface area contributed by atoms with Gasteiger partial charge in [0.2, 0.25) is 0 Å². The molecule has 0 spiro atoms. The molecule has 0 N–H and O–H groups in total. The van der Waals surface area contributed by atoms with E-state index in [4.69, 9.17) is 0 Å². The molecule has 0 saturated carbocycles. The lowest BCUT2D eigenvalue weighted by Gasteiger charge is -2.16. The lowest BCUT2D eigenvalue weighted by atomic mass is 9.88. The fourth-order valence-electron chi connectivity index (χ4n) is 6.91. The van der Waals surface area contributed by atoms with Crippen LogP contribution in [0.3, 0.4) is 0 Å². The first kappa shape index (κ1) is 21.7. The average molecular weight is 505 g/mol. The van der Waals surface area contributed by atoms with Gasteiger partial charge in [0.05, 0.1) is 0 Å². The van der Waals surface area contributed by atoms with Gasteiger partial charge in [-0.05, 0) is 111 Å². The van der Waals surface area contributed by atoms with Crippen molar-refractivity contribution in [3.8, 4) is 0 Å². The van der Waals surface area contributed by atoms with Gasteiger partial charge >= 0.3 is 0 Å². The number of hydrogen-bond donors (Lipinski definition) is 0. The van der Waals surface area contributed by atoms with Crippen LogP contribution >= 0.6 is 0 Å². The monoisotopic (exact) mass is 504 g/mol. The van der Waals surface area contributed by atoms with Crippen LogP contribution in [0.4, 0.5) is 0 Å². The molecule has 0 atom stereocenters. The summed E-state index contributed by atoms with van der Waals surface area (Å²) in [5.41, 5.74) is 4.99. The summed E-state index contributed by atoms with van der Waals surface area (Å²) in [7, 11) is 0. The third-order valence-electron chi connectivity index (χ3n) is 8.78. The Morgan fingerprint density at radius 3 is 0.575 bits per heavy atom. The van der Waals surface area contributed by atoms with E-state index in [0.29, 0.717) is 0 Å². The quantitative estimate of drug-likeness (QED) is 0.180. The van der Waals surface area contributed by atoms with E-state index in [2.05, 4.69) is 146 Å². The van der Waals surface area contributed by atoms with Crippen LogP contribution in [0.5, 0.6) is 0 Å². The minimum absolute atomic E-state index is 1.25. The Kier molecular flexibility index (Phi) is 4.42. The molecule has 0 nitrogen and oxygen atoms in total. The van der Waals surface area contributed by atoms with Crippen molar-refractivity contribution in [2.24, 2.45) is 0 Å². The molecule has 0 amide bonds. The van der Waals surface area contributed by atoms with Crippen LogP contribution in [0, 0.1) is 0 Å². The smallest absolute Gasteiger partial charge is 0.00926 e. The molecule has 0 radical (unpaired) electrons. The van der Waals surface area contributed by atoms with Crippen molar-refractivity contribution < 1.29 is 0 Å². The molecule has 0 bridgehead atoms. The van der Waals surface area contributed by atoms with Gasteiger partial charge in [-0.15, -0.1) is 0 Å². The van der Waals surface area contributed by atoms with Crippen molar-refractivity contribution in [1.29, 1.82) is 0 Å². The molecule has 0 fully saturated rings. The van der Waals surface area contributed by atoms with E-state index in [1.54, 1.807) is 0 Å². The zero-order valence-corrected chi connectivity index (χ0v) is 21.9. The second-order valence-corrected chi connectivity index (χ2v) is 10.9. The van der Waals surface area contributed by atoms with E-state index >= 15 is 0 Å². The molecule has 0 heterocycles. The molecule has 184 valence electrons. The molecular formula is C40H24. The maximum atomic E-state index is 2.38. The minimum Gasteiger partial charge on any atom is -0.0616 e. The lowest BCUT2D eigenvalue weighted by Crippen LogP contribution is -1.91. The molecule has 40 heavy (non-hydrogen) atoms. The highest BCUT2D eigenvalue weighted by Crippen LogP contribution is 2.40. The summed E-state index contributed by atoms with van der Waals surface area (Å²) in [6.45, 7) is 0. The molecule has 0 saturated heterocycles. The van der Waals surface area contributed by atoms with Gasteiger partial charge in [-0.25, -0.2) is 0 Å². The fourth-order valence-corrected chi connectivity index (χ4v) is 6.91. The fraction of sp³-hybridized carbons (Fsp3) is 0. The molecular weight excluding hydrogens is 480 g/mol. The van der Waals surface area contributed by atoms with Crippen LogP contribution < -0.4 is 0 Å². The van der Waals surface area contributed by atoms with Crippen LogP contribution in [0.1, 0.15) is 22.3 Å². The summed E-state index contributed by atoms with van der Waals surface area (Å²) in [6.07, 6.45) is 9.21. The highest BCUT2D eigenvalue weighted by Gasteiger charge is 2.14. The summed E-state index contributed by atoms with van der Waals surface area (Å²) in [6, 6.07) is 44.8. The normalized spacial score (nSPS) is 12.8. The van der Waals surface area contributed by atoms with Crippen molar-refractivity contribution in [2.45, 2.75) is 0 Å². The highest BCUT2D eigenvalue weighted by atomic mass is 14.2. The number of fused-ring (bicyclic) bond motifs is 14. The van der Waals surface area contributed by atoms with Gasteiger partial charge in [-0.2, -0.15) is 0 Å². The molecule has 1 aliphatic carbocycles. The molecule has 0 aliphatic heterocycles. The highest BCUT2D eigenvalue weighted by molar-refractivity contribution is 6.27. The summed E-state index contributed by atoms with van der Waals surface area (Å²) < 4.78 is 0. The summed E-state index contributed by atoms with van der Waals surface area (Å²) in [5, 5.41) is 15.7. The van der Waals surface area contributed by atoms with E-state index in [1.165, 1.54) is 86.9 Å². The first-order chi connectivity index (χ1) is 19.8. The Morgan fingerprint density at radius 2 is 0.375 bits per heavy atom. The average Bonchev–Trinajstić information content (AvgIpc) is 3.01. The summed E-state index contributed by atoms with van der Waals surface area (Å²) in [4.78, 5) is 0. The van der Waals surface area contributed by atoms with E-state index < -0.39 is 0 Å². The van der Waals surface area contributed by atoms with Crippen LogP contribution in [-0.4, -0.2) is 0 Å². The van der Waals surface area contributed by atoms with E-state index in [0.717, 1.165) is 0 Å². The molecule has 8 aromatic carbocycles. The van der Waals surface area contributed by atoms with Gasteiger partial charge < -0.3 is 0 Å². The standard InChI is InChI=1S/C40H24/c1-5-13-33-29(9-1)30-10-2-6-14-34(30)38-22-26-19-20-28-24-40-36-16-8-4-12-32(36)31-11-3-7-15-35(31)39(40)23-27(28)18-17-25(26)21-37(33)38/h1-24H. The topological polar surface area (TPSA) is 0 Å². The Labute approximate surface area is 232 Å². The summed E-state index contributed by atoms with van der Waals surface area (Å²) >= 11 is 0. The zero-order chi connectivity index (χ0) is 26.2. The van der Waals surface area contributed by atoms with Gasteiger partial charge in [0.25, 0.3) is 0 Å². The maximum absolute atomic E-state index is 2.38. The van der Waals surface area contributed by atoms with Crippen LogP contribution in [0.15, 0.2) is 121 Å². The lowest BCUT2D eigenvalue weighted by molar-refractivity contribution is 1.64. The predicted octanol–water partition coefficient (Wildman–Crippen LogP) is 11.3. The minimum atomic E-state index is 1.25. The van der Waals surface area contributed by atoms with Crippen LogP contribution in [0.2, 0.25) is 0 Å². The third-order valence-corrected chi connectivity index (χ3v) is 8.78. The predicted molar refractivity (Wildman–Crippen MR) is 176 cm³/mol. The van der Waals surface area contributed by atoms with Crippen molar-refractivity contribution >= 4 is 88.9 Å². The number of benzene rings is 8. The molecule has 1 aliphatic rings. The second kappa shape index (κ2) is 8.15. The Hall–Kier alpha value is -5.20. The van der Waals surface area contributed by atoms with Crippen molar-refractivity contribution in [1.82, 2.24) is 0 Å². The zero-order valence-electron chi connectivity index (χ0n) is 21.9. The Balaban J connectivity index is 1.33. The first-order valence-electron chi connectivity index (χ1n) is 13.9. The van der Waals surface area contributed by atoms with Crippen LogP contribution in [0.25, 0.3) is 88.9 Å². The number of hydrogen-bond acceptors (Lipinski definition) is 0. The van der Waals surface area contributed by atoms with E-state index in [1.807, 2.05) is 0 Å². The van der Waals surface area contributed by atoms with Crippen LogP contribution in [-0.2, 0) is 0 Å². The van der Waals surface area contributed by atoms with Gasteiger partial charge in [-0.1, -0.05) is 121 Å². The van der Waals surface area contributed by atoms with Gasteiger partial charge in [0.1, 0.15) is 0 Å². The SMILES string of the molecule is C1=Cc2cc3c4ccccc4c4ccccc4c3cc2C=Cc2cc3c4ccccc4c4ccccc4c3cc21. The van der Waals surface area contributed by atoms with E-state index in [-0.39, 0.29) is 0 Å². The Morgan fingerprint density at radius 1 is 0.200 bits per heavy atom. The van der Waals surface area contributed by atoms with E-state index in [9.17, 15) is 0 Å². The third kappa shape index (κ3) is 3.02. The molecule has 0 aromatic heterocycles. The van der Waals surface area contributed by atoms with Crippen molar-refractivity contribution in [3.05, 3.63) is 144 Å². The van der Waals surface area contributed by atoms with Gasteiger partial charge in [0, 0.05) is 0 Å². The maximum Gasteiger partial charge on any atom is -0.00926 e.